The van der Waals surface area contributed by atoms with Gasteiger partial charge >= 0.3 is 0 Å². The van der Waals surface area contributed by atoms with Crippen molar-refractivity contribution in [1.29, 1.82) is 0 Å². The van der Waals surface area contributed by atoms with Crippen LogP contribution in [0.2, 0.25) is 0 Å². The molecule has 0 radical (unpaired) electrons. The second kappa shape index (κ2) is 7.27. The summed E-state index contributed by atoms with van der Waals surface area (Å²) in [6, 6.07) is 3.69. The highest BCUT2D eigenvalue weighted by Gasteiger charge is 2.30. The Hall–Kier alpha value is -1.71. The number of carbonyl (C=O) groups excluding carboxylic acids is 1. The van der Waals surface area contributed by atoms with E-state index in [9.17, 15) is 13.2 Å². The van der Waals surface area contributed by atoms with Crippen LogP contribution >= 0.6 is 11.3 Å². The van der Waals surface area contributed by atoms with Gasteiger partial charge in [0.15, 0.2) is 5.76 Å². The first-order valence-corrected chi connectivity index (χ1v) is 10.5. The van der Waals surface area contributed by atoms with Gasteiger partial charge in [-0.2, -0.15) is 0 Å². The number of piperidine rings is 1. The number of likely N-dealkylation sites (tertiary alicyclic amines) is 1. The van der Waals surface area contributed by atoms with Gasteiger partial charge in [0.2, 0.25) is 15.9 Å². The van der Waals surface area contributed by atoms with Gasteiger partial charge in [-0.25, -0.2) is 13.1 Å². The molecule has 2 aromatic rings. The number of aromatic nitrogens is 1. The molecule has 1 aliphatic heterocycles. The summed E-state index contributed by atoms with van der Waals surface area (Å²) in [6.45, 7) is 4.30. The van der Waals surface area contributed by atoms with E-state index in [0.717, 1.165) is 4.88 Å². The molecular formula is C16H21N3O4S2. The Morgan fingerprint density at radius 3 is 2.68 bits per heavy atom. The van der Waals surface area contributed by atoms with Crippen molar-refractivity contribution >= 4 is 27.3 Å². The number of aryl methyl sites for hydroxylation is 2. The van der Waals surface area contributed by atoms with E-state index in [1.54, 1.807) is 30.1 Å². The fourth-order valence-corrected chi connectivity index (χ4v) is 5.39. The third-order valence-corrected chi connectivity index (χ3v) is 6.95. The summed E-state index contributed by atoms with van der Waals surface area (Å²) in [4.78, 5) is 15.3. The fourth-order valence-electron chi connectivity index (χ4n) is 3.06. The molecule has 1 aliphatic rings. The molecule has 0 saturated carbocycles. The van der Waals surface area contributed by atoms with Gasteiger partial charge in [-0.3, -0.25) is 4.79 Å². The smallest absolute Gasteiger partial charge is 0.246 e. The summed E-state index contributed by atoms with van der Waals surface area (Å²) in [5, 5.41) is 5.66. The van der Waals surface area contributed by atoms with Gasteiger partial charge in [-0.1, -0.05) is 11.2 Å². The first kappa shape index (κ1) is 18.1. The van der Waals surface area contributed by atoms with Gasteiger partial charge < -0.3 is 9.42 Å². The van der Waals surface area contributed by atoms with E-state index in [-0.39, 0.29) is 22.6 Å². The minimum atomic E-state index is -3.66. The van der Waals surface area contributed by atoms with Crippen molar-refractivity contribution in [3.63, 3.8) is 0 Å². The molecule has 1 saturated heterocycles. The lowest BCUT2D eigenvalue weighted by Gasteiger charge is -2.32. The summed E-state index contributed by atoms with van der Waals surface area (Å²) in [7, 11) is -3.66. The lowest BCUT2D eigenvalue weighted by molar-refractivity contribution is -0.131. The lowest BCUT2D eigenvalue weighted by atomic mass is 10.1. The lowest BCUT2D eigenvalue weighted by Crippen LogP contribution is -2.46. The van der Waals surface area contributed by atoms with E-state index in [1.807, 2.05) is 17.5 Å². The molecule has 2 aromatic heterocycles. The second-order valence-corrected chi connectivity index (χ2v) is 8.87. The van der Waals surface area contributed by atoms with Crippen molar-refractivity contribution in [2.45, 2.75) is 44.0 Å². The van der Waals surface area contributed by atoms with E-state index >= 15 is 0 Å². The number of hydrogen-bond acceptors (Lipinski definition) is 6. The number of sulfonamides is 1. The molecule has 1 fully saturated rings. The maximum absolute atomic E-state index is 12.5. The molecule has 7 nitrogen and oxygen atoms in total. The zero-order chi connectivity index (χ0) is 18.0. The van der Waals surface area contributed by atoms with Gasteiger partial charge in [-0.15, -0.1) is 11.3 Å². The first-order valence-electron chi connectivity index (χ1n) is 8.12. The first-order chi connectivity index (χ1) is 11.9. The highest BCUT2D eigenvalue weighted by atomic mass is 32.2. The standard InChI is InChI=1S/C16H21N3O4S2/c1-11-16(12(2)23-17-11)25(21,22)18-13-5-7-19(8-6-13)15(20)10-14-4-3-9-24-14/h3-4,9,13,18H,5-8,10H2,1-2H3. The number of hydrogen-bond donors (Lipinski definition) is 1. The summed E-state index contributed by atoms with van der Waals surface area (Å²) in [5.41, 5.74) is 0.355. The van der Waals surface area contributed by atoms with Crippen LogP contribution < -0.4 is 4.72 Å². The van der Waals surface area contributed by atoms with Gasteiger partial charge in [0.25, 0.3) is 0 Å². The van der Waals surface area contributed by atoms with E-state index in [2.05, 4.69) is 9.88 Å². The molecule has 0 unspecified atom stereocenters. The molecule has 0 aromatic carbocycles. The zero-order valence-corrected chi connectivity index (χ0v) is 15.8. The van der Waals surface area contributed by atoms with Crippen molar-refractivity contribution in [3.8, 4) is 0 Å². The summed E-state index contributed by atoms with van der Waals surface area (Å²) in [5.74, 6) is 0.378. The van der Waals surface area contributed by atoms with Gasteiger partial charge in [0, 0.05) is 24.0 Å². The monoisotopic (exact) mass is 383 g/mol. The number of rotatable bonds is 5. The third kappa shape index (κ3) is 4.10. The Morgan fingerprint density at radius 1 is 1.40 bits per heavy atom. The van der Waals surface area contributed by atoms with Crippen molar-refractivity contribution in [2.24, 2.45) is 0 Å². The number of amides is 1. The van der Waals surface area contributed by atoms with Crippen molar-refractivity contribution < 1.29 is 17.7 Å². The predicted molar refractivity (Wildman–Crippen MR) is 93.9 cm³/mol. The molecule has 9 heteroatoms. The molecule has 25 heavy (non-hydrogen) atoms. The molecule has 0 bridgehead atoms. The van der Waals surface area contributed by atoms with Gasteiger partial charge in [-0.05, 0) is 38.1 Å². The summed E-state index contributed by atoms with van der Waals surface area (Å²) in [6.07, 6.45) is 1.60. The van der Waals surface area contributed by atoms with Crippen molar-refractivity contribution in [1.82, 2.24) is 14.8 Å². The molecule has 0 spiro atoms. The number of nitrogens with one attached hydrogen (secondary N) is 1. The number of nitrogens with zero attached hydrogens (tertiary/aromatic N) is 2. The largest absolute Gasteiger partial charge is 0.360 e. The third-order valence-electron chi connectivity index (χ3n) is 4.31. The van der Waals surface area contributed by atoms with Crippen LogP contribution in [0.5, 0.6) is 0 Å². The van der Waals surface area contributed by atoms with Crippen LogP contribution in [0.25, 0.3) is 0 Å². The van der Waals surface area contributed by atoms with E-state index in [0.29, 0.717) is 38.0 Å². The quantitative estimate of drug-likeness (QED) is 0.851. The summed E-state index contributed by atoms with van der Waals surface area (Å²) >= 11 is 1.57. The minimum absolute atomic E-state index is 0.0921. The van der Waals surface area contributed by atoms with Crippen LogP contribution in [-0.4, -0.2) is 43.5 Å². The van der Waals surface area contributed by atoms with E-state index in [4.69, 9.17) is 4.52 Å². The van der Waals surface area contributed by atoms with E-state index < -0.39 is 10.0 Å². The Balaban J connectivity index is 1.56. The fraction of sp³-hybridized carbons (Fsp3) is 0.500. The van der Waals surface area contributed by atoms with E-state index in [1.165, 1.54) is 0 Å². The Morgan fingerprint density at radius 2 is 2.12 bits per heavy atom. The summed E-state index contributed by atoms with van der Waals surface area (Å²) < 4.78 is 32.7. The highest BCUT2D eigenvalue weighted by molar-refractivity contribution is 7.89. The van der Waals surface area contributed by atoms with Crippen LogP contribution in [0.1, 0.15) is 29.2 Å². The number of thiophene rings is 1. The van der Waals surface area contributed by atoms with Crippen LogP contribution in [0.15, 0.2) is 26.9 Å². The van der Waals surface area contributed by atoms with Crippen LogP contribution in [0.3, 0.4) is 0 Å². The average Bonchev–Trinajstić information content (AvgIpc) is 3.17. The Kier molecular flexibility index (Phi) is 5.26. The van der Waals surface area contributed by atoms with Crippen LogP contribution in [0.4, 0.5) is 0 Å². The normalized spacial score (nSPS) is 16.3. The molecule has 0 atom stereocenters. The van der Waals surface area contributed by atoms with Crippen LogP contribution in [-0.2, 0) is 21.2 Å². The SMILES string of the molecule is Cc1noc(C)c1S(=O)(=O)NC1CCN(C(=O)Cc2cccs2)CC1. The van der Waals surface area contributed by atoms with Crippen molar-refractivity contribution in [3.05, 3.63) is 33.8 Å². The minimum Gasteiger partial charge on any atom is -0.360 e. The Bertz CT molecular complexity index is 815. The predicted octanol–water partition coefficient (Wildman–Crippen LogP) is 1.86. The second-order valence-electron chi connectivity index (χ2n) is 6.19. The maximum Gasteiger partial charge on any atom is 0.246 e. The molecule has 0 aliphatic carbocycles. The van der Waals surface area contributed by atoms with Gasteiger partial charge in [0.1, 0.15) is 10.6 Å². The average molecular weight is 383 g/mol. The molecule has 3 rings (SSSR count). The van der Waals surface area contributed by atoms with Crippen molar-refractivity contribution in [2.75, 3.05) is 13.1 Å². The molecule has 3 heterocycles. The maximum atomic E-state index is 12.5. The molecule has 1 N–H and O–H groups in total. The molecular weight excluding hydrogens is 362 g/mol. The molecule has 136 valence electrons. The van der Waals surface area contributed by atoms with Gasteiger partial charge in [0.05, 0.1) is 6.42 Å². The molecule has 1 amide bonds. The van der Waals surface area contributed by atoms with Crippen LogP contribution in [0, 0.1) is 13.8 Å². The Labute approximate surface area is 151 Å². The topological polar surface area (TPSA) is 92.5 Å². The number of carbonyl (C=O) groups is 1. The highest BCUT2D eigenvalue weighted by Crippen LogP contribution is 2.21. The zero-order valence-electron chi connectivity index (χ0n) is 14.2.